The van der Waals surface area contributed by atoms with Gasteiger partial charge in [-0.2, -0.15) is 0 Å². The number of methoxy groups -OCH3 is 2. The molecule has 0 aliphatic heterocycles. The van der Waals surface area contributed by atoms with Gasteiger partial charge >= 0.3 is 0 Å². The van der Waals surface area contributed by atoms with Crippen molar-refractivity contribution in [2.75, 3.05) is 20.8 Å². The normalized spacial score (nSPS) is 12.2. The number of aromatic nitrogens is 5. The highest BCUT2D eigenvalue weighted by Gasteiger charge is 2.26. The van der Waals surface area contributed by atoms with Crippen molar-refractivity contribution in [3.8, 4) is 11.5 Å². The van der Waals surface area contributed by atoms with Crippen molar-refractivity contribution in [3.63, 3.8) is 0 Å². The maximum atomic E-state index is 13.3. The van der Waals surface area contributed by atoms with Crippen LogP contribution in [0.25, 0.3) is 10.9 Å². The van der Waals surface area contributed by atoms with E-state index in [1.165, 1.54) is 5.56 Å². The Bertz CT molecular complexity index is 1560. The summed E-state index contributed by atoms with van der Waals surface area (Å²) in [6.45, 7) is 3.66. The van der Waals surface area contributed by atoms with Crippen LogP contribution in [0, 0.1) is 0 Å². The summed E-state index contributed by atoms with van der Waals surface area (Å²) in [7, 11) is 3.17. The molecular formula is C29H32N6O4. The molecule has 39 heavy (non-hydrogen) atoms. The third-order valence-corrected chi connectivity index (χ3v) is 6.90. The number of aromatic amines is 1. The zero-order chi connectivity index (χ0) is 27.2. The second kappa shape index (κ2) is 12.0. The fourth-order valence-corrected chi connectivity index (χ4v) is 4.89. The van der Waals surface area contributed by atoms with Crippen LogP contribution in [-0.4, -0.2) is 50.9 Å². The molecule has 0 unspecified atom stereocenters. The zero-order valence-corrected chi connectivity index (χ0v) is 22.3. The maximum Gasteiger partial charge on any atom is 0.252 e. The highest BCUT2D eigenvalue weighted by atomic mass is 16.5. The van der Waals surface area contributed by atoms with Crippen LogP contribution in [0.3, 0.4) is 0 Å². The average molecular weight is 529 g/mol. The molecule has 0 bridgehead atoms. The predicted molar refractivity (Wildman–Crippen MR) is 147 cm³/mol. The number of H-pyrrole nitrogens is 1. The minimum atomic E-state index is -0.149. The molecular weight excluding hydrogens is 496 g/mol. The molecule has 0 radical (unpaired) electrons. The first-order valence-electron chi connectivity index (χ1n) is 12.9. The quantitative estimate of drug-likeness (QED) is 0.254. The minimum absolute atomic E-state index is 0.126. The van der Waals surface area contributed by atoms with Gasteiger partial charge in [-0.15, -0.1) is 5.10 Å². The van der Waals surface area contributed by atoms with Crippen molar-refractivity contribution in [1.29, 1.82) is 0 Å². The van der Waals surface area contributed by atoms with Gasteiger partial charge in [-0.3, -0.25) is 9.69 Å². The number of rotatable bonds is 12. The van der Waals surface area contributed by atoms with Crippen LogP contribution in [0.5, 0.6) is 11.5 Å². The Labute approximate surface area is 226 Å². The Balaban J connectivity index is 1.50. The first-order valence-corrected chi connectivity index (χ1v) is 12.9. The molecule has 0 aliphatic carbocycles. The summed E-state index contributed by atoms with van der Waals surface area (Å²) in [5.74, 6) is 2.66. The molecule has 0 aliphatic rings. The molecule has 10 heteroatoms. The average Bonchev–Trinajstić information content (AvgIpc) is 3.65. The zero-order valence-electron chi connectivity index (χ0n) is 22.3. The van der Waals surface area contributed by atoms with E-state index in [1.807, 2.05) is 42.5 Å². The van der Waals surface area contributed by atoms with Crippen LogP contribution in [0.2, 0.25) is 0 Å². The van der Waals surface area contributed by atoms with Gasteiger partial charge in [0.15, 0.2) is 17.3 Å². The molecule has 2 aromatic carbocycles. The van der Waals surface area contributed by atoms with Crippen LogP contribution in [0.15, 0.2) is 76.1 Å². The fraction of sp³-hybridized carbons (Fsp3) is 0.310. The van der Waals surface area contributed by atoms with Crippen LogP contribution in [-0.2, 0) is 19.5 Å². The van der Waals surface area contributed by atoms with Gasteiger partial charge in [-0.1, -0.05) is 37.3 Å². The summed E-state index contributed by atoms with van der Waals surface area (Å²) in [4.78, 5) is 18.6. The van der Waals surface area contributed by atoms with E-state index in [-0.39, 0.29) is 11.6 Å². The number of hydrogen-bond acceptors (Lipinski definition) is 8. The molecule has 1 atom stereocenters. The topological polar surface area (TPSA) is 111 Å². The summed E-state index contributed by atoms with van der Waals surface area (Å²) in [6, 6.07) is 19.5. The van der Waals surface area contributed by atoms with E-state index >= 15 is 0 Å². The van der Waals surface area contributed by atoms with Crippen LogP contribution in [0.4, 0.5) is 0 Å². The van der Waals surface area contributed by atoms with Gasteiger partial charge in [0.1, 0.15) is 12.3 Å². The number of nitrogens with one attached hydrogen (secondary N) is 1. The number of furan rings is 1. The van der Waals surface area contributed by atoms with Gasteiger partial charge in [0, 0.05) is 30.1 Å². The Morgan fingerprint density at radius 3 is 2.56 bits per heavy atom. The van der Waals surface area contributed by atoms with Crippen molar-refractivity contribution in [1.82, 2.24) is 30.1 Å². The largest absolute Gasteiger partial charge is 0.493 e. The number of nitrogens with zero attached hydrogens (tertiary/aromatic N) is 5. The van der Waals surface area contributed by atoms with E-state index in [4.69, 9.17) is 13.9 Å². The van der Waals surface area contributed by atoms with Gasteiger partial charge < -0.3 is 18.9 Å². The molecule has 5 rings (SSSR count). The molecule has 0 amide bonds. The maximum absolute atomic E-state index is 13.3. The number of benzene rings is 2. The lowest BCUT2D eigenvalue weighted by atomic mass is 10.1. The second-order valence-electron chi connectivity index (χ2n) is 9.32. The van der Waals surface area contributed by atoms with Crippen molar-refractivity contribution in [2.45, 2.75) is 38.9 Å². The molecule has 0 saturated carbocycles. The lowest BCUT2D eigenvalue weighted by molar-refractivity contribution is 0.172. The van der Waals surface area contributed by atoms with Gasteiger partial charge in [0.2, 0.25) is 0 Å². The van der Waals surface area contributed by atoms with Crippen molar-refractivity contribution < 1.29 is 13.9 Å². The lowest BCUT2D eigenvalue weighted by Crippen LogP contribution is -2.34. The van der Waals surface area contributed by atoms with Crippen molar-refractivity contribution in [3.05, 3.63) is 100.0 Å². The lowest BCUT2D eigenvalue weighted by Gasteiger charge is -2.30. The van der Waals surface area contributed by atoms with Crippen LogP contribution >= 0.6 is 0 Å². The second-order valence-corrected chi connectivity index (χ2v) is 9.32. The van der Waals surface area contributed by atoms with E-state index in [0.717, 1.165) is 29.8 Å². The van der Waals surface area contributed by atoms with Gasteiger partial charge in [-0.05, 0) is 53.1 Å². The molecule has 1 N–H and O–H groups in total. The van der Waals surface area contributed by atoms with Crippen molar-refractivity contribution >= 4 is 10.9 Å². The third-order valence-electron chi connectivity index (χ3n) is 6.90. The summed E-state index contributed by atoms with van der Waals surface area (Å²) in [5.41, 5.74) is 2.40. The standard InChI is InChI=1S/C29H32N6O4/c1-4-25(28-31-32-33-35(28)19-23-11-8-14-39-23)34(13-12-20-9-6-5-7-10-20)18-22-15-21-16-26(37-2)27(38-3)17-24(21)30-29(22)36/h5-11,14-17,25H,4,12-13,18-19H2,1-3H3,(H,30,36)/t25-/m0/s1. The van der Waals surface area contributed by atoms with Crippen molar-refractivity contribution in [2.24, 2.45) is 0 Å². The monoisotopic (exact) mass is 528 g/mol. The minimum Gasteiger partial charge on any atom is -0.493 e. The molecule has 0 saturated heterocycles. The van der Waals surface area contributed by atoms with E-state index in [9.17, 15) is 4.79 Å². The van der Waals surface area contributed by atoms with Gasteiger partial charge in [-0.25, -0.2) is 4.68 Å². The highest BCUT2D eigenvalue weighted by Crippen LogP contribution is 2.32. The SMILES string of the molecule is CC[C@@H](c1nnnn1Cc1ccco1)N(CCc1ccccc1)Cc1cc2cc(OC)c(OC)cc2[nH]c1=O. The van der Waals surface area contributed by atoms with E-state index in [1.54, 1.807) is 31.2 Å². The number of ether oxygens (including phenoxy) is 2. The summed E-state index contributed by atoms with van der Waals surface area (Å²) < 4.78 is 18.2. The van der Waals surface area contributed by atoms with Gasteiger partial charge in [0.25, 0.3) is 5.56 Å². The molecule has 0 fully saturated rings. The summed E-state index contributed by atoms with van der Waals surface area (Å²) in [6.07, 6.45) is 3.21. The summed E-state index contributed by atoms with van der Waals surface area (Å²) >= 11 is 0. The number of tetrazole rings is 1. The third kappa shape index (κ3) is 5.85. The Hall–Kier alpha value is -4.44. The number of hydrogen-bond donors (Lipinski definition) is 1. The highest BCUT2D eigenvalue weighted by molar-refractivity contribution is 5.83. The van der Waals surface area contributed by atoms with E-state index in [2.05, 4.69) is 44.5 Å². The number of fused-ring (bicyclic) bond motifs is 1. The smallest absolute Gasteiger partial charge is 0.252 e. The van der Waals surface area contributed by atoms with E-state index < -0.39 is 0 Å². The molecule has 5 aromatic rings. The predicted octanol–water partition coefficient (Wildman–Crippen LogP) is 4.37. The summed E-state index contributed by atoms with van der Waals surface area (Å²) in [5, 5.41) is 13.5. The van der Waals surface area contributed by atoms with Crippen LogP contribution < -0.4 is 15.0 Å². The number of pyridine rings is 1. The molecule has 3 aromatic heterocycles. The first kappa shape index (κ1) is 26.2. The fourth-order valence-electron chi connectivity index (χ4n) is 4.89. The molecule has 10 nitrogen and oxygen atoms in total. The Morgan fingerprint density at radius 2 is 1.85 bits per heavy atom. The van der Waals surface area contributed by atoms with Crippen LogP contribution in [0.1, 0.15) is 42.1 Å². The molecule has 202 valence electrons. The molecule has 3 heterocycles. The van der Waals surface area contributed by atoms with E-state index in [0.29, 0.717) is 42.2 Å². The molecule has 0 spiro atoms. The Kier molecular flexibility index (Phi) is 8.02. The van der Waals surface area contributed by atoms with Gasteiger partial charge in [0.05, 0.1) is 32.0 Å². The Morgan fingerprint density at radius 1 is 1.05 bits per heavy atom. The first-order chi connectivity index (χ1) is 19.1.